The van der Waals surface area contributed by atoms with Crippen LogP contribution in [0.3, 0.4) is 0 Å². The highest BCUT2D eigenvalue weighted by Gasteiger charge is 2.17. The number of imidazole rings is 1. The molecule has 120 valence electrons. The Hall–Kier alpha value is -2.34. The topological polar surface area (TPSA) is 72.7 Å². The van der Waals surface area contributed by atoms with Crippen molar-refractivity contribution in [2.45, 2.75) is 32.7 Å². The molecule has 3 rings (SSSR count). The summed E-state index contributed by atoms with van der Waals surface area (Å²) in [6.07, 6.45) is 2.87. The van der Waals surface area contributed by atoms with Crippen molar-refractivity contribution in [3.05, 3.63) is 56.5 Å². The van der Waals surface area contributed by atoms with Crippen LogP contribution in [0, 0.1) is 0 Å². The first-order valence-electron chi connectivity index (χ1n) is 7.60. The van der Waals surface area contributed by atoms with Gasteiger partial charge in [-0.1, -0.05) is 38.0 Å². The fourth-order valence-electron chi connectivity index (χ4n) is 2.62. The van der Waals surface area contributed by atoms with Gasteiger partial charge in [-0.2, -0.15) is 4.98 Å². The monoisotopic (exact) mass is 332 g/mol. The van der Waals surface area contributed by atoms with E-state index < -0.39 is 11.2 Å². The predicted molar refractivity (Wildman–Crippen MR) is 90.5 cm³/mol. The molecular weight excluding hydrogens is 316 g/mol. The van der Waals surface area contributed by atoms with Crippen LogP contribution >= 0.6 is 11.6 Å². The van der Waals surface area contributed by atoms with Crippen LogP contribution in [0.25, 0.3) is 16.9 Å². The molecule has 0 amide bonds. The van der Waals surface area contributed by atoms with Crippen LogP contribution in [0.1, 0.15) is 26.2 Å². The third-order valence-electron chi connectivity index (χ3n) is 3.75. The van der Waals surface area contributed by atoms with Crippen molar-refractivity contribution in [3.8, 4) is 5.69 Å². The lowest BCUT2D eigenvalue weighted by Gasteiger charge is -2.11. The van der Waals surface area contributed by atoms with Crippen LogP contribution in [0.15, 0.2) is 39.9 Å². The second kappa shape index (κ2) is 6.42. The molecule has 1 aromatic carbocycles. The highest BCUT2D eigenvalue weighted by Crippen LogP contribution is 2.12. The minimum atomic E-state index is -0.442. The maximum Gasteiger partial charge on any atom is 0.337 e. The molecule has 6 nitrogen and oxygen atoms in total. The predicted octanol–water partition coefficient (Wildman–Crippen LogP) is 2.72. The van der Waals surface area contributed by atoms with Gasteiger partial charge in [0.05, 0.1) is 5.69 Å². The number of para-hydroxylation sites is 1. The molecule has 0 unspecified atom stereocenters. The highest BCUT2D eigenvalue weighted by molar-refractivity contribution is 6.28. The van der Waals surface area contributed by atoms with Gasteiger partial charge in [-0.15, -0.1) is 0 Å². The van der Waals surface area contributed by atoms with Gasteiger partial charge in [-0.05, 0) is 30.2 Å². The molecular formula is C16H17ClN4O2. The molecule has 0 fully saturated rings. The number of aromatic amines is 1. The van der Waals surface area contributed by atoms with Gasteiger partial charge in [0.1, 0.15) is 0 Å². The molecule has 3 aromatic rings. The lowest BCUT2D eigenvalue weighted by Crippen LogP contribution is -2.39. The van der Waals surface area contributed by atoms with Gasteiger partial charge in [-0.25, -0.2) is 9.36 Å². The van der Waals surface area contributed by atoms with Crippen LogP contribution in [0.4, 0.5) is 0 Å². The Labute approximate surface area is 137 Å². The van der Waals surface area contributed by atoms with Crippen LogP contribution in [-0.2, 0) is 6.54 Å². The summed E-state index contributed by atoms with van der Waals surface area (Å²) in [4.78, 5) is 32.4. The van der Waals surface area contributed by atoms with Crippen LogP contribution in [0.2, 0.25) is 5.28 Å². The summed E-state index contributed by atoms with van der Waals surface area (Å²) in [5.74, 6) is 0. The molecule has 0 saturated heterocycles. The number of hydrogen-bond donors (Lipinski definition) is 1. The summed E-state index contributed by atoms with van der Waals surface area (Å²) < 4.78 is 2.67. The summed E-state index contributed by atoms with van der Waals surface area (Å²) in [6, 6.07) is 8.85. The fourth-order valence-corrected chi connectivity index (χ4v) is 2.79. The van der Waals surface area contributed by atoms with Crippen molar-refractivity contribution in [2.75, 3.05) is 0 Å². The molecule has 2 aromatic heterocycles. The number of nitrogens with zero attached hydrogens (tertiary/aromatic N) is 3. The third-order valence-corrected chi connectivity index (χ3v) is 3.93. The molecule has 0 aliphatic heterocycles. The van der Waals surface area contributed by atoms with E-state index in [1.807, 2.05) is 6.07 Å². The summed E-state index contributed by atoms with van der Waals surface area (Å²) >= 11 is 5.91. The Morgan fingerprint density at radius 1 is 1.17 bits per heavy atom. The zero-order chi connectivity index (χ0) is 16.4. The summed E-state index contributed by atoms with van der Waals surface area (Å²) in [5, 5.41) is 0.103. The standard InChI is InChI=1S/C16H17ClN4O2/c1-2-3-7-10-20-13-12(18-15(17)19-13)14(22)21(16(20)23)11-8-5-4-6-9-11/h4-6,8-9H,2-3,7,10H2,1H3,(H,18,19). The van der Waals surface area contributed by atoms with Crippen molar-refractivity contribution in [3.63, 3.8) is 0 Å². The molecule has 0 atom stereocenters. The zero-order valence-corrected chi connectivity index (χ0v) is 13.5. The van der Waals surface area contributed by atoms with E-state index in [0.717, 1.165) is 23.8 Å². The second-order valence-electron chi connectivity index (χ2n) is 5.34. The number of benzene rings is 1. The van der Waals surface area contributed by atoms with E-state index in [-0.39, 0.29) is 10.8 Å². The Morgan fingerprint density at radius 3 is 2.61 bits per heavy atom. The number of H-pyrrole nitrogens is 1. The van der Waals surface area contributed by atoms with Crippen LogP contribution in [0.5, 0.6) is 0 Å². The molecule has 0 saturated carbocycles. The minimum absolute atomic E-state index is 0.103. The number of fused-ring (bicyclic) bond motifs is 1. The van der Waals surface area contributed by atoms with Gasteiger partial charge in [0.2, 0.25) is 5.28 Å². The SMILES string of the molecule is CCCCCn1c(=O)n(-c2ccccc2)c(=O)c2[nH]c(Cl)nc21. The van der Waals surface area contributed by atoms with Gasteiger partial charge in [0.25, 0.3) is 5.56 Å². The Balaban J connectivity index is 2.28. The van der Waals surface area contributed by atoms with Gasteiger partial charge < -0.3 is 4.98 Å². The first-order valence-corrected chi connectivity index (χ1v) is 7.97. The molecule has 7 heteroatoms. The van der Waals surface area contributed by atoms with Crippen molar-refractivity contribution in [1.82, 2.24) is 19.1 Å². The van der Waals surface area contributed by atoms with Gasteiger partial charge in [0, 0.05) is 6.54 Å². The lowest BCUT2D eigenvalue weighted by atomic mass is 10.2. The maximum atomic E-state index is 12.8. The molecule has 2 heterocycles. The highest BCUT2D eigenvalue weighted by atomic mass is 35.5. The van der Waals surface area contributed by atoms with Gasteiger partial charge in [-0.3, -0.25) is 9.36 Å². The van der Waals surface area contributed by atoms with E-state index in [2.05, 4.69) is 16.9 Å². The summed E-state index contributed by atoms with van der Waals surface area (Å²) in [7, 11) is 0. The van der Waals surface area contributed by atoms with Crippen LogP contribution in [-0.4, -0.2) is 19.1 Å². The molecule has 0 aliphatic carbocycles. The minimum Gasteiger partial charge on any atom is -0.323 e. The van der Waals surface area contributed by atoms with Crippen molar-refractivity contribution in [1.29, 1.82) is 0 Å². The quantitative estimate of drug-likeness (QED) is 0.576. The molecule has 0 bridgehead atoms. The summed E-state index contributed by atoms with van der Waals surface area (Å²) in [6.45, 7) is 2.59. The Kier molecular flexibility index (Phi) is 4.34. The fraction of sp³-hybridized carbons (Fsp3) is 0.312. The maximum absolute atomic E-state index is 12.8. The van der Waals surface area contributed by atoms with E-state index in [1.165, 1.54) is 4.57 Å². The zero-order valence-electron chi connectivity index (χ0n) is 12.8. The lowest BCUT2D eigenvalue weighted by molar-refractivity contribution is 0.578. The largest absolute Gasteiger partial charge is 0.337 e. The third kappa shape index (κ3) is 2.82. The number of unbranched alkanes of at least 4 members (excludes halogenated alkanes) is 2. The van der Waals surface area contributed by atoms with Crippen molar-refractivity contribution in [2.24, 2.45) is 0 Å². The molecule has 0 spiro atoms. The number of halogens is 1. The number of nitrogens with one attached hydrogen (secondary N) is 1. The average molecular weight is 333 g/mol. The second-order valence-corrected chi connectivity index (χ2v) is 5.70. The summed E-state index contributed by atoms with van der Waals surface area (Å²) in [5.41, 5.74) is 0.248. The van der Waals surface area contributed by atoms with E-state index in [4.69, 9.17) is 11.6 Å². The Morgan fingerprint density at radius 2 is 1.91 bits per heavy atom. The molecule has 23 heavy (non-hydrogen) atoms. The average Bonchev–Trinajstić information content (AvgIpc) is 2.94. The van der Waals surface area contributed by atoms with E-state index in [1.54, 1.807) is 24.3 Å². The van der Waals surface area contributed by atoms with Crippen molar-refractivity contribution < 1.29 is 0 Å². The van der Waals surface area contributed by atoms with Crippen molar-refractivity contribution >= 4 is 22.8 Å². The number of hydrogen-bond acceptors (Lipinski definition) is 3. The molecule has 0 aliphatic rings. The van der Waals surface area contributed by atoms with Gasteiger partial charge >= 0.3 is 5.69 Å². The van der Waals surface area contributed by atoms with Crippen LogP contribution < -0.4 is 11.2 Å². The normalized spacial score (nSPS) is 11.2. The molecule has 0 radical (unpaired) electrons. The number of rotatable bonds is 5. The van der Waals surface area contributed by atoms with E-state index >= 15 is 0 Å². The van der Waals surface area contributed by atoms with E-state index in [9.17, 15) is 9.59 Å². The van der Waals surface area contributed by atoms with E-state index in [0.29, 0.717) is 17.9 Å². The Bertz CT molecular complexity index is 940. The first-order chi connectivity index (χ1) is 11.1. The smallest absolute Gasteiger partial charge is 0.323 e. The number of aryl methyl sites for hydroxylation is 1. The first kappa shape index (κ1) is 15.6. The van der Waals surface area contributed by atoms with Gasteiger partial charge in [0.15, 0.2) is 11.2 Å². The number of aromatic nitrogens is 4. The molecule has 1 N–H and O–H groups in total.